The van der Waals surface area contributed by atoms with Crippen LogP contribution in [0.5, 0.6) is 0 Å². The highest BCUT2D eigenvalue weighted by Gasteiger charge is 2.22. The first-order valence-corrected chi connectivity index (χ1v) is 8.80. The summed E-state index contributed by atoms with van der Waals surface area (Å²) in [7, 11) is -3.66. The Morgan fingerprint density at radius 1 is 1.05 bits per heavy atom. The van der Waals surface area contributed by atoms with Crippen LogP contribution in [-0.2, 0) is 16.4 Å². The molecule has 0 aliphatic rings. The number of sulfonamides is 1. The van der Waals surface area contributed by atoms with Crippen molar-refractivity contribution in [2.75, 3.05) is 4.72 Å². The molecule has 0 amide bonds. The van der Waals surface area contributed by atoms with E-state index >= 15 is 0 Å². The molecule has 0 fully saturated rings. The van der Waals surface area contributed by atoms with Crippen LogP contribution in [0.4, 0.5) is 5.82 Å². The van der Waals surface area contributed by atoms with Gasteiger partial charge in [-0.15, -0.1) is 0 Å². The zero-order valence-electron chi connectivity index (χ0n) is 13.7. The molecule has 2 rings (SSSR count). The van der Waals surface area contributed by atoms with Gasteiger partial charge in [0.05, 0.1) is 4.90 Å². The number of aryl methyl sites for hydroxylation is 3. The lowest BCUT2D eigenvalue weighted by molar-refractivity contribution is 0.599. The molecule has 118 valence electrons. The van der Waals surface area contributed by atoms with E-state index in [0.29, 0.717) is 10.7 Å². The van der Waals surface area contributed by atoms with Crippen molar-refractivity contribution in [2.45, 2.75) is 45.9 Å². The van der Waals surface area contributed by atoms with Crippen molar-refractivity contribution < 1.29 is 8.42 Å². The van der Waals surface area contributed by atoms with Crippen LogP contribution in [0.15, 0.2) is 29.2 Å². The topological polar surface area (TPSA) is 59.1 Å². The quantitative estimate of drug-likeness (QED) is 0.935. The molecule has 1 aromatic carbocycles. The lowest BCUT2D eigenvalue weighted by atomic mass is 10.0. The SMILES string of the molecule is CCc1cccc(NS(=O)(=O)c2c(C)c(C)cc(C)c2C)n1. The Hall–Kier alpha value is -1.88. The number of nitrogens with zero attached hydrogens (tertiary/aromatic N) is 1. The van der Waals surface area contributed by atoms with E-state index in [-0.39, 0.29) is 0 Å². The maximum absolute atomic E-state index is 12.8. The molecule has 0 bridgehead atoms. The molecular formula is C17H22N2O2S. The van der Waals surface area contributed by atoms with Crippen LogP contribution in [0.25, 0.3) is 0 Å². The van der Waals surface area contributed by atoms with Crippen molar-refractivity contribution in [3.8, 4) is 0 Å². The van der Waals surface area contributed by atoms with E-state index < -0.39 is 10.0 Å². The average Bonchev–Trinajstić information content (AvgIpc) is 2.45. The van der Waals surface area contributed by atoms with E-state index in [4.69, 9.17) is 0 Å². The van der Waals surface area contributed by atoms with Crippen LogP contribution in [-0.4, -0.2) is 13.4 Å². The summed E-state index contributed by atoms with van der Waals surface area (Å²) in [6, 6.07) is 7.37. The van der Waals surface area contributed by atoms with Gasteiger partial charge in [0.1, 0.15) is 5.82 Å². The smallest absolute Gasteiger partial charge is 0.263 e. The minimum Gasteiger partial charge on any atom is -0.263 e. The maximum atomic E-state index is 12.8. The summed E-state index contributed by atoms with van der Waals surface area (Å²) in [5.74, 6) is 0.359. The summed E-state index contributed by atoms with van der Waals surface area (Å²) in [6.07, 6.45) is 0.761. The molecule has 0 radical (unpaired) electrons. The lowest BCUT2D eigenvalue weighted by Crippen LogP contribution is -2.18. The zero-order chi connectivity index (χ0) is 16.5. The van der Waals surface area contributed by atoms with E-state index in [1.54, 1.807) is 6.07 Å². The van der Waals surface area contributed by atoms with Gasteiger partial charge >= 0.3 is 0 Å². The van der Waals surface area contributed by atoms with E-state index in [1.807, 2.05) is 52.8 Å². The van der Waals surface area contributed by atoms with Crippen molar-refractivity contribution in [1.82, 2.24) is 4.98 Å². The fourth-order valence-corrected chi connectivity index (χ4v) is 4.13. The second kappa shape index (κ2) is 6.08. The largest absolute Gasteiger partial charge is 0.263 e. The van der Waals surface area contributed by atoms with E-state index in [1.165, 1.54) is 0 Å². The maximum Gasteiger partial charge on any atom is 0.263 e. The van der Waals surface area contributed by atoms with Crippen LogP contribution in [0, 0.1) is 27.7 Å². The van der Waals surface area contributed by atoms with Crippen molar-refractivity contribution in [2.24, 2.45) is 0 Å². The highest BCUT2D eigenvalue weighted by atomic mass is 32.2. The van der Waals surface area contributed by atoms with E-state index in [2.05, 4.69) is 9.71 Å². The first kappa shape index (κ1) is 16.5. The van der Waals surface area contributed by atoms with Gasteiger partial charge in [0.25, 0.3) is 10.0 Å². The van der Waals surface area contributed by atoms with Crippen molar-refractivity contribution in [3.05, 3.63) is 52.2 Å². The zero-order valence-corrected chi connectivity index (χ0v) is 14.5. The molecule has 0 aliphatic carbocycles. The molecule has 1 heterocycles. The standard InChI is InChI=1S/C17H22N2O2S/c1-6-15-8-7-9-16(18-15)19-22(20,21)17-13(4)11(2)10-12(3)14(17)5/h7-10H,6H2,1-5H3,(H,18,19). The summed E-state index contributed by atoms with van der Waals surface area (Å²) in [6.45, 7) is 9.52. The minimum absolute atomic E-state index is 0.355. The van der Waals surface area contributed by atoms with Gasteiger partial charge in [0.15, 0.2) is 0 Å². The average molecular weight is 318 g/mol. The fraction of sp³-hybridized carbons (Fsp3) is 0.353. The molecule has 0 saturated heterocycles. The Kier molecular flexibility index (Phi) is 4.56. The second-order valence-corrected chi connectivity index (χ2v) is 7.18. The number of anilines is 1. The summed E-state index contributed by atoms with van der Waals surface area (Å²) >= 11 is 0. The third-order valence-corrected chi connectivity index (χ3v) is 5.60. The summed E-state index contributed by atoms with van der Waals surface area (Å²) in [4.78, 5) is 4.67. The molecule has 5 heteroatoms. The predicted molar refractivity (Wildman–Crippen MR) is 89.8 cm³/mol. The normalized spacial score (nSPS) is 11.5. The fourth-order valence-electron chi connectivity index (χ4n) is 2.51. The number of pyridine rings is 1. The van der Waals surface area contributed by atoms with Crippen LogP contribution in [0.2, 0.25) is 0 Å². The first-order valence-electron chi connectivity index (χ1n) is 7.32. The van der Waals surface area contributed by atoms with Gasteiger partial charge in [0, 0.05) is 5.69 Å². The molecule has 0 saturated carbocycles. The third-order valence-electron chi connectivity index (χ3n) is 3.97. The molecule has 0 atom stereocenters. The van der Waals surface area contributed by atoms with Crippen LogP contribution in [0.1, 0.15) is 34.9 Å². The number of nitrogens with one attached hydrogen (secondary N) is 1. The third kappa shape index (κ3) is 3.14. The molecule has 1 N–H and O–H groups in total. The second-order valence-electron chi connectivity index (χ2n) is 5.56. The van der Waals surface area contributed by atoms with E-state index in [9.17, 15) is 8.42 Å². The Labute approximate surface area is 132 Å². The molecule has 0 aliphatic heterocycles. The number of hydrogen-bond donors (Lipinski definition) is 1. The molecule has 22 heavy (non-hydrogen) atoms. The highest BCUT2D eigenvalue weighted by molar-refractivity contribution is 7.92. The van der Waals surface area contributed by atoms with Gasteiger partial charge in [-0.05, 0) is 68.5 Å². The molecular weight excluding hydrogens is 296 g/mol. The molecule has 0 unspecified atom stereocenters. The Morgan fingerprint density at radius 2 is 1.64 bits per heavy atom. The van der Waals surface area contributed by atoms with Gasteiger partial charge in [-0.25, -0.2) is 13.4 Å². The monoisotopic (exact) mass is 318 g/mol. The molecule has 0 spiro atoms. The summed E-state index contributed by atoms with van der Waals surface area (Å²) < 4.78 is 28.2. The number of rotatable bonds is 4. The van der Waals surface area contributed by atoms with Crippen molar-refractivity contribution in [3.63, 3.8) is 0 Å². The summed E-state index contributed by atoms with van der Waals surface area (Å²) in [5.41, 5.74) is 4.36. The number of benzene rings is 1. The van der Waals surface area contributed by atoms with Gasteiger partial charge in [0.2, 0.25) is 0 Å². The number of hydrogen-bond acceptors (Lipinski definition) is 3. The van der Waals surface area contributed by atoms with Crippen molar-refractivity contribution >= 4 is 15.8 Å². The van der Waals surface area contributed by atoms with Crippen LogP contribution in [0.3, 0.4) is 0 Å². The highest BCUT2D eigenvalue weighted by Crippen LogP contribution is 2.27. The molecule has 2 aromatic rings. The van der Waals surface area contributed by atoms with Gasteiger partial charge in [-0.3, -0.25) is 4.72 Å². The Morgan fingerprint density at radius 3 is 2.18 bits per heavy atom. The summed E-state index contributed by atoms with van der Waals surface area (Å²) in [5, 5.41) is 0. The first-order chi connectivity index (χ1) is 10.3. The van der Waals surface area contributed by atoms with Crippen molar-refractivity contribution in [1.29, 1.82) is 0 Å². The minimum atomic E-state index is -3.66. The van der Waals surface area contributed by atoms with E-state index in [0.717, 1.165) is 34.4 Å². The lowest BCUT2D eigenvalue weighted by Gasteiger charge is -2.16. The Bertz CT molecular complexity index is 785. The molecule has 4 nitrogen and oxygen atoms in total. The van der Waals surface area contributed by atoms with Gasteiger partial charge in [-0.1, -0.05) is 19.1 Å². The number of aromatic nitrogens is 1. The van der Waals surface area contributed by atoms with Crippen LogP contribution >= 0.6 is 0 Å². The predicted octanol–water partition coefficient (Wildman–Crippen LogP) is 3.68. The Balaban J connectivity index is 2.52. The van der Waals surface area contributed by atoms with Gasteiger partial charge < -0.3 is 0 Å². The van der Waals surface area contributed by atoms with Gasteiger partial charge in [-0.2, -0.15) is 0 Å². The van der Waals surface area contributed by atoms with Crippen LogP contribution < -0.4 is 4.72 Å². The molecule has 1 aromatic heterocycles.